The van der Waals surface area contributed by atoms with E-state index in [2.05, 4.69) is 15.8 Å². The third-order valence-corrected chi connectivity index (χ3v) is 4.01. The van der Waals surface area contributed by atoms with Gasteiger partial charge in [0.25, 0.3) is 0 Å². The predicted molar refractivity (Wildman–Crippen MR) is 88.9 cm³/mol. The fourth-order valence-electron chi connectivity index (χ4n) is 2.37. The number of carbonyl (C=O) groups is 1. The third kappa shape index (κ3) is 3.56. The standard InChI is InChI=1S/C16H18ClN3O4/c1-9-11(10(2)24-20-9)8-18-16(21)19-13-7-15-14(6-12(13)17)22-4-3-5-23-15/h6-7H,3-5,8H2,1-2H3,(H2,18,19,21). The highest BCUT2D eigenvalue weighted by molar-refractivity contribution is 6.34. The van der Waals surface area contributed by atoms with Crippen LogP contribution >= 0.6 is 11.6 Å². The summed E-state index contributed by atoms with van der Waals surface area (Å²) in [5, 5.41) is 9.70. The van der Waals surface area contributed by atoms with E-state index in [0.29, 0.717) is 47.7 Å². The molecule has 7 nitrogen and oxygen atoms in total. The Balaban J connectivity index is 1.67. The zero-order valence-electron chi connectivity index (χ0n) is 13.4. The zero-order chi connectivity index (χ0) is 17.1. The number of rotatable bonds is 3. The summed E-state index contributed by atoms with van der Waals surface area (Å²) in [4.78, 5) is 12.1. The van der Waals surface area contributed by atoms with Crippen molar-refractivity contribution in [1.29, 1.82) is 0 Å². The van der Waals surface area contributed by atoms with Crippen molar-refractivity contribution in [2.45, 2.75) is 26.8 Å². The molecule has 1 aliphatic heterocycles. The molecule has 0 radical (unpaired) electrons. The van der Waals surface area contributed by atoms with E-state index in [9.17, 15) is 4.79 Å². The summed E-state index contributed by atoms with van der Waals surface area (Å²) >= 11 is 6.21. The van der Waals surface area contributed by atoms with E-state index in [1.54, 1.807) is 19.1 Å². The highest BCUT2D eigenvalue weighted by Gasteiger charge is 2.16. The number of hydrogen-bond acceptors (Lipinski definition) is 5. The average molecular weight is 352 g/mol. The maximum atomic E-state index is 12.1. The van der Waals surface area contributed by atoms with Gasteiger partial charge in [-0.15, -0.1) is 0 Å². The molecule has 3 rings (SSSR count). The van der Waals surface area contributed by atoms with Crippen molar-refractivity contribution >= 4 is 23.3 Å². The van der Waals surface area contributed by atoms with Gasteiger partial charge < -0.3 is 24.6 Å². The Bertz CT molecular complexity index is 741. The fraction of sp³-hybridized carbons (Fsp3) is 0.375. The number of benzene rings is 1. The maximum absolute atomic E-state index is 12.1. The molecule has 2 N–H and O–H groups in total. The van der Waals surface area contributed by atoms with Crippen molar-refractivity contribution in [2.24, 2.45) is 0 Å². The van der Waals surface area contributed by atoms with Crippen molar-refractivity contribution in [2.75, 3.05) is 18.5 Å². The van der Waals surface area contributed by atoms with Gasteiger partial charge in [-0.05, 0) is 13.8 Å². The van der Waals surface area contributed by atoms with Crippen LogP contribution in [0.3, 0.4) is 0 Å². The number of carbonyl (C=O) groups excluding carboxylic acids is 1. The Morgan fingerprint density at radius 1 is 1.25 bits per heavy atom. The average Bonchev–Trinajstić information content (AvgIpc) is 2.74. The summed E-state index contributed by atoms with van der Waals surface area (Å²) in [6.45, 7) is 5.08. The van der Waals surface area contributed by atoms with Gasteiger partial charge in [0, 0.05) is 30.7 Å². The highest BCUT2D eigenvalue weighted by atomic mass is 35.5. The Morgan fingerprint density at radius 3 is 2.62 bits per heavy atom. The second kappa shape index (κ2) is 7.00. The molecule has 0 aliphatic carbocycles. The minimum atomic E-state index is -0.383. The first-order valence-corrected chi connectivity index (χ1v) is 7.98. The van der Waals surface area contributed by atoms with E-state index in [1.807, 2.05) is 6.92 Å². The number of fused-ring (bicyclic) bond motifs is 1. The van der Waals surface area contributed by atoms with E-state index < -0.39 is 0 Å². The number of nitrogens with one attached hydrogen (secondary N) is 2. The summed E-state index contributed by atoms with van der Waals surface area (Å²) in [7, 11) is 0. The lowest BCUT2D eigenvalue weighted by atomic mass is 10.2. The number of aromatic nitrogens is 1. The van der Waals surface area contributed by atoms with Crippen LogP contribution < -0.4 is 20.1 Å². The van der Waals surface area contributed by atoms with Crippen LogP contribution in [-0.4, -0.2) is 24.4 Å². The van der Waals surface area contributed by atoms with Gasteiger partial charge in [0.2, 0.25) is 0 Å². The first-order valence-electron chi connectivity index (χ1n) is 7.60. The molecule has 0 fully saturated rings. The molecule has 0 spiro atoms. The lowest BCUT2D eigenvalue weighted by Crippen LogP contribution is -2.28. The Kier molecular flexibility index (Phi) is 4.80. The Labute approximate surface area is 144 Å². The van der Waals surface area contributed by atoms with Gasteiger partial charge in [0.05, 0.1) is 29.6 Å². The normalized spacial score (nSPS) is 13.3. The molecule has 0 saturated carbocycles. The summed E-state index contributed by atoms with van der Waals surface area (Å²) in [6.07, 6.45) is 0.799. The molecule has 1 aliphatic rings. The molecule has 0 saturated heterocycles. The van der Waals surface area contributed by atoms with Crippen LogP contribution in [0.15, 0.2) is 16.7 Å². The number of halogens is 1. The van der Waals surface area contributed by atoms with E-state index in [0.717, 1.165) is 17.7 Å². The van der Waals surface area contributed by atoms with Gasteiger partial charge >= 0.3 is 6.03 Å². The largest absolute Gasteiger partial charge is 0.490 e. The second-order valence-electron chi connectivity index (χ2n) is 5.44. The molecule has 0 unspecified atom stereocenters. The minimum absolute atomic E-state index is 0.315. The first-order chi connectivity index (χ1) is 11.5. The van der Waals surface area contributed by atoms with Crippen molar-refractivity contribution < 1.29 is 18.8 Å². The molecule has 1 aromatic heterocycles. The first kappa shape index (κ1) is 16.4. The molecule has 0 bridgehead atoms. The van der Waals surface area contributed by atoms with Gasteiger partial charge in [-0.1, -0.05) is 16.8 Å². The molecule has 0 atom stereocenters. The highest BCUT2D eigenvalue weighted by Crippen LogP contribution is 2.37. The van der Waals surface area contributed by atoms with Crippen molar-refractivity contribution in [3.8, 4) is 11.5 Å². The minimum Gasteiger partial charge on any atom is -0.490 e. The van der Waals surface area contributed by atoms with Gasteiger partial charge in [-0.25, -0.2) is 4.79 Å². The summed E-state index contributed by atoms with van der Waals surface area (Å²) < 4.78 is 16.2. The van der Waals surface area contributed by atoms with Crippen molar-refractivity contribution in [1.82, 2.24) is 10.5 Å². The molecule has 2 heterocycles. The van der Waals surface area contributed by atoms with E-state index in [1.165, 1.54) is 0 Å². The van der Waals surface area contributed by atoms with Crippen LogP contribution in [-0.2, 0) is 6.54 Å². The molecule has 2 amide bonds. The van der Waals surface area contributed by atoms with E-state index in [4.69, 9.17) is 25.6 Å². The molecule has 24 heavy (non-hydrogen) atoms. The fourth-order valence-corrected chi connectivity index (χ4v) is 2.57. The quantitative estimate of drug-likeness (QED) is 0.884. The number of urea groups is 1. The number of nitrogens with zero attached hydrogens (tertiary/aromatic N) is 1. The molecular weight excluding hydrogens is 334 g/mol. The zero-order valence-corrected chi connectivity index (χ0v) is 14.2. The monoisotopic (exact) mass is 351 g/mol. The number of ether oxygens (including phenoxy) is 2. The number of amides is 2. The van der Waals surface area contributed by atoms with Crippen LogP contribution in [0, 0.1) is 13.8 Å². The molecule has 8 heteroatoms. The van der Waals surface area contributed by atoms with Crippen LogP contribution in [0.5, 0.6) is 11.5 Å². The van der Waals surface area contributed by atoms with Crippen LogP contribution in [0.1, 0.15) is 23.4 Å². The van der Waals surface area contributed by atoms with Gasteiger partial charge in [0.15, 0.2) is 11.5 Å². The number of hydrogen-bond donors (Lipinski definition) is 2. The van der Waals surface area contributed by atoms with Crippen LogP contribution in [0.2, 0.25) is 5.02 Å². The Morgan fingerprint density at radius 2 is 1.96 bits per heavy atom. The topological polar surface area (TPSA) is 85.6 Å². The molecule has 1 aromatic carbocycles. The van der Waals surface area contributed by atoms with Gasteiger partial charge in [-0.3, -0.25) is 0 Å². The van der Waals surface area contributed by atoms with Crippen LogP contribution in [0.25, 0.3) is 0 Å². The Hall–Kier alpha value is -2.41. The SMILES string of the molecule is Cc1noc(C)c1CNC(=O)Nc1cc2c(cc1Cl)OCCCO2. The van der Waals surface area contributed by atoms with Crippen LogP contribution in [0.4, 0.5) is 10.5 Å². The molecular formula is C16H18ClN3O4. The predicted octanol–water partition coefficient (Wildman–Crippen LogP) is 3.43. The second-order valence-corrected chi connectivity index (χ2v) is 5.85. The lowest BCUT2D eigenvalue weighted by Gasteiger charge is -2.13. The summed E-state index contributed by atoms with van der Waals surface area (Å²) in [5.74, 6) is 1.83. The third-order valence-electron chi connectivity index (χ3n) is 3.69. The maximum Gasteiger partial charge on any atom is 0.319 e. The van der Waals surface area contributed by atoms with Crippen molar-refractivity contribution in [3.63, 3.8) is 0 Å². The number of anilines is 1. The summed E-state index contributed by atoms with van der Waals surface area (Å²) in [5.41, 5.74) is 2.06. The van der Waals surface area contributed by atoms with Crippen molar-refractivity contribution in [3.05, 3.63) is 34.2 Å². The molecule has 2 aromatic rings. The lowest BCUT2D eigenvalue weighted by molar-refractivity contribution is 0.251. The van der Waals surface area contributed by atoms with Gasteiger partial charge in [0.1, 0.15) is 5.76 Å². The smallest absolute Gasteiger partial charge is 0.319 e. The molecule has 128 valence electrons. The van der Waals surface area contributed by atoms with E-state index in [-0.39, 0.29) is 6.03 Å². The van der Waals surface area contributed by atoms with Gasteiger partial charge in [-0.2, -0.15) is 0 Å². The number of aryl methyl sites for hydroxylation is 2. The van der Waals surface area contributed by atoms with E-state index >= 15 is 0 Å². The summed E-state index contributed by atoms with van der Waals surface area (Å²) in [6, 6.07) is 2.93.